The van der Waals surface area contributed by atoms with Gasteiger partial charge in [-0.2, -0.15) is 0 Å². The van der Waals surface area contributed by atoms with Crippen molar-refractivity contribution in [3.8, 4) is 0 Å². The van der Waals surface area contributed by atoms with Crippen LogP contribution in [0.3, 0.4) is 0 Å². The van der Waals surface area contributed by atoms with Crippen molar-refractivity contribution in [1.29, 1.82) is 0 Å². The first kappa shape index (κ1) is 13.8. The lowest BCUT2D eigenvalue weighted by Gasteiger charge is -2.17. The molecule has 3 nitrogen and oxygen atoms in total. The van der Waals surface area contributed by atoms with Gasteiger partial charge in [-0.1, -0.05) is 26.7 Å². The Morgan fingerprint density at radius 1 is 1.28 bits per heavy atom. The zero-order valence-electron chi connectivity index (χ0n) is 11.2. The van der Waals surface area contributed by atoms with E-state index in [2.05, 4.69) is 45.1 Å². The summed E-state index contributed by atoms with van der Waals surface area (Å²) in [7, 11) is 0. The van der Waals surface area contributed by atoms with Crippen LogP contribution < -0.4 is 5.32 Å². The number of anilines is 1. The van der Waals surface area contributed by atoms with Crippen LogP contribution in [-0.2, 0) is 6.42 Å². The highest BCUT2D eigenvalue weighted by Crippen LogP contribution is 2.25. The van der Waals surface area contributed by atoms with Crippen LogP contribution in [-0.4, -0.2) is 16.0 Å². The summed E-state index contributed by atoms with van der Waals surface area (Å²) >= 11 is 3.45. The van der Waals surface area contributed by atoms with Crippen molar-refractivity contribution in [1.82, 2.24) is 9.97 Å². The summed E-state index contributed by atoms with van der Waals surface area (Å²) in [6, 6.07) is 2.55. The Balaban J connectivity index is 2.01. The molecule has 2 atom stereocenters. The predicted octanol–water partition coefficient (Wildman–Crippen LogP) is 4.18. The average Bonchev–Trinajstić information content (AvgIpc) is 2.54. The first-order valence-corrected chi connectivity index (χ1v) is 7.76. The van der Waals surface area contributed by atoms with Gasteiger partial charge in [0.1, 0.15) is 16.2 Å². The van der Waals surface area contributed by atoms with E-state index in [0.29, 0.717) is 6.04 Å². The van der Waals surface area contributed by atoms with E-state index in [1.807, 2.05) is 6.07 Å². The van der Waals surface area contributed by atoms with Crippen LogP contribution in [0.2, 0.25) is 0 Å². The van der Waals surface area contributed by atoms with Crippen LogP contribution in [0, 0.1) is 5.92 Å². The molecule has 1 fully saturated rings. The monoisotopic (exact) mass is 311 g/mol. The Kier molecular flexibility index (Phi) is 4.98. The molecule has 1 saturated carbocycles. The summed E-state index contributed by atoms with van der Waals surface area (Å²) in [4.78, 5) is 8.89. The van der Waals surface area contributed by atoms with E-state index in [4.69, 9.17) is 0 Å². The van der Waals surface area contributed by atoms with Crippen molar-refractivity contribution in [3.05, 3.63) is 16.5 Å². The maximum absolute atomic E-state index is 4.54. The van der Waals surface area contributed by atoms with Crippen molar-refractivity contribution in [2.75, 3.05) is 5.32 Å². The van der Waals surface area contributed by atoms with Crippen molar-refractivity contribution in [3.63, 3.8) is 0 Å². The summed E-state index contributed by atoms with van der Waals surface area (Å²) in [5.74, 6) is 2.74. The minimum absolute atomic E-state index is 0.571. The first-order valence-electron chi connectivity index (χ1n) is 6.97. The van der Waals surface area contributed by atoms with Crippen LogP contribution in [0.4, 0.5) is 5.82 Å². The van der Waals surface area contributed by atoms with Crippen LogP contribution in [0.15, 0.2) is 10.7 Å². The van der Waals surface area contributed by atoms with Crippen LogP contribution in [0.1, 0.15) is 51.8 Å². The number of hydrogen-bond acceptors (Lipinski definition) is 3. The molecule has 0 aromatic carbocycles. The zero-order valence-corrected chi connectivity index (χ0v) is 12.8. The van der Waals surface area contributed by atoms with Crippen molar-refractivity contribution >= 4 is 21.7 Å². The van der Waals surface area contributed by atoms with E-state index in [1.165, 1.54) is 32.1 Å². The second-order valence-corrected chi connectivity index (χ2v) is 6.11. The lowest BCUT2D eigenvalue weighted by Crippen LogP contribution is -2.19. The summed E-state index contributed by atoms with van der Waals surface area (Å²) < 4.78 is 0.874. The third-order valence-corrected chi connectivity index (χ3v) is 4.07. The summed E-state index contributed by atoms with van der Waals surface area (Å²) in [6.45, 7) is 4.44. The molecule has 4 heteroatoms. The smallest absolute Gasteiger partial charge is 0.131 e. The molecule has 1 aliphatic carbocycles. The highest BCUT2D eigenvalue weighted by Gasteiger charge is 2.16. The molecule has 18 heavy (non-hydrogen) atoms. The number of nitrogens with zero attached hydrogens (tertiary/aromatic N) is 2. The Morgan fingerprint density at radius 3 is 2.89 bits per heavy atom. The Hall–Kier alpha value is -0.640. The maximum Gasteiger partial charge on any atom is 0.131 e. The predicted molar refractivity (Wildman–Crippen MR) is 78.8 cm³/mol. The van der Waals surface area contributed by atoms with E-state index in [0.717, 1.165) is 28.6 Å². The minimum Gasteiger partial charge on any atom is -0.367 e. The van der Waals surface area contributed by atoms with Gasteiger partial charge in [0, 0.05) is 18.5 Å². The molecule has 1 aliphatic rings. The Morgan fingerprint density at radius 2 is 2.11 bits per heavy atom. The number of nitrogens with one attached hydrogen (secondary N) is 1. The molecule has 0 bridgehead atoms. The van der Waals surface area contributed by atoms with Gasteiger partial charge < -0.3 is 5.32 Å². The zero-order chi connectivity index (χ0) is 13.0. The quantitative estimate of drug-likeness (QED) is 0.672. The highest BCUT2D eigenvalue weighted by atomic mass is 79.9. The van der Waals surface area contributed by atoms with Crippen molar-refractivity contribution in [2.24, 2.45) is 5.92 Å². The standard InChI is InChI=1S/C14H22BrN3/c1-3-13-17-12(15)9-14(18-13)16-11-6-4-5-10(2)7-8-11/h9-11H,3-8H2,1-2H3,(H,16,17,18). The molecule has 0 saturated heterocycles. The van der Waals surface area contributed by atoms with E-state index < -0.39 is 0 Å². The Labute approximate surface area is 118 Å². The molecule has 1 N–H and O–H groups in total. The molecule has 1 aromatic heterocycles. The molecule has 2 unspecified atom stereocenters. The molecular weight excluding hydrogens is 290 g/mol. The second-order valence-electron chi connectivity index (χ2n) is 5.30. The number of aromatic nitrogens is 2. The van der Waals surface area contributed by atoms with Crippen LogP contribution in [0.25, 0.3) is 0 Å². The van der Waals surface area contributed by atoms with Gasteiger partial charge >= 0.3 is 0 Å². The van der Waals surface area contributed by atoms with Crippen LogP contribution >= 0.6 is 15.9 Å². The number of hydrogen-bond donors (Lipinski definition) is 1. The summed E-state index contributed by atoms with van der Waals surface area (Å²) in [5, 5.41) is 3.58. The SMILES string of the molecule is CCc1nc(Br)cc(NC2CCCC(C)CC2)n1. The largest absolute Gasteiger partial charge is 0.367 e. The highest BCUT2D eigenvalue weighted by molar-refractivity contribution is 9.10. The number of halogens is 1. The lowest BCUT2D eigenvalue weighted by molar-refractivity contribution is 0.502. The fraction of sp³-hybridized carbons (Fsp3) is 0.714. The molecule has 0 aliphatic heterocycles. The fourth-order valence-electron chi connectivity index (χ4n) is 2.54. The van der Waals surface area contributed by atoms with Gasteiger partial charge in [0.05, 0.1) is 0 Å². The van der Waals surface area contributed by atoms with E-state index >= 15 is 0 Å². The second kappa shape index (κ2) is 6.50. The summed E-state index contributed by atoms with van der Waals surface area (Å²) in [6.07, 6.45) is 7.40. The topological polar surface area (TPSA) is 37.8 Å². The third kappa shape index (κ3) is 3.94. The van der Waals surface area contributed by atoms with Crippen molar-refractivity contribution < 1.29 is 0 Å². The first-order chi connectivity index (χ1) is 8.67. The molecule has 0 radical (unpaired) electrons. The number of rotatable bonds is 3. The minimum atomic E-state index is 0.571. The van der Waals surface area contributed by atoms with Gasteiger partial charge in [-0.05, 0) is 41.1 Å². The summed E-state index contributed by atoms with van der Waals surface area (Å²) in [5.41, 5.74) is 0. The van der Waals surface area contributed by atoms with E-state index in [1.54, 1.807) is 0 Å². The molecule has 100 valence electrons. The van der Waals surface area contributed by atoms with Crippen molar-refractivity contribution in [2.45, 2.75) is 58.4 Å². The van der Waals surface area contributed by atoms with Gasteiger partial charge in [0.15, 0.2) is 0 Å². The molecule has 1 aromatic rings. The molecule has 1 heterocycles. The molecule has 0 spiro atoms. The van der Waals surface area contributed by atoms with Gasteiger partial charge in [-0.15, -0.1) is 0 Å². The van der Waals surface area contributed by atoms with Gasteiger partial charge in [0.25, 0.3) is 0 Å². The maximum atomic E-state index is 4.54. The van der Waals surface area contributed by atoms with Crippen LogP contribution in [0.5, 0.6) is 0 Å². The molecular formula is C14H22BrN3. The van der Waals surface area contributed by atoms with E-state index in [-0.39, 0.29) is 0 Å². The third-order valence-electron chi connectivity index (χ3n) is 3.67. The lowest BCUT2D eigenvalue weighted by atomic mass is 10.0. The van der Waals surface area contributed by atoms with Gasteiger partial charge in [0.2, 0.25) is 0 Å². The normalized spacial score (nSPS) is 24.6. The molecule has 0 amide bonds. The Bertz CT molecular complexity index is 395. The molecule has 2 rings (SSSR count). The fourth-order valence-corrected chi connectivity index (χ4v) is 2.96. The van der Waals surface area contributed by atoms with Gasteiger partial charge in [-0.25, -0.2) is 9.97 Å². The average molecular weight is 312 g/mol. The van der Waals surface area contributed by atoms with Gasteiger partial charge in [-0.3, -0.25) is 0 Å². The van der Waals surface area contributed by atoms with E-state index in [9.17, 15) is 0 Å². The number of aryl methyl sites for hydroxylation is 1.